The van der Waals surface area contributed by atoms with E-state index in [4.69, 9.17) is 23.6 Å². The van der Waals surface area contributed by atoms with Gasteiger partial charge in [0.05, 0.1) is 31.5 Å². The Labute approximate surface area is 250 Å². The number of benzene rings is 2. The number of nitrogens with zero attached hydrogens (tertiary/aromatic N) is 5. The number of furan rings is 1. The number of fused-ring (bicyclic) bond motifs is 2. The van der Waals surface area contributed by atoms with Gasteiger partial charge in [-0.2, -0.15) is 0 Å². The Morgan fingerprint density at radius 1 is 1.10 bits per heavy atom. The van der Waals surface area contributed by atoms with Crippen molar-refractivity contribution < 1.29 is 23.4 Å². The number of carbonyl (C=O) groups excluding carboxylic acids is 1. The van der Waals surface area contributed by atoms with E-state index in [0.29, 0.717) is 50.8 Å². The minimum absolute atomic E-state index is 0.0314. The first kappa shape index (κ1) is 27.7. The van der Waals surface area contributed by atoms with Gasteiger partial charge in [0.25, 0.3) is 11.1 Å². The summed E-state index contributed by atoms with van der Waals surface area (Å²) in [4.78, 5) is 24.8. The molecule has 0 bridgehead atoms. The molecule has 10 nitrogen and oxygen atoms in total. The molecule has 0 unspecified atom stereocenters. The molecule has 0 aliphatic carbocycles. The Balaban J connectivity index is 1.20. The normalized spacial score (nSPS) is 11.5. The van der Waals surface area contributed by atoms with Gasteiger partial charge in [-0.25, -0.2) is 14.5 Å². The summed E-state index contributed by atoms with van der Waals surface area (Å²) in [6, 6.07) is 13.3. The zero-order valence-electron chi connectivity index (χ0n) is 23.8. The third-order valence-corrected chi connectivity index (χ3v) is 8.62. The van der Waals surface area contributed by atoms with E-state index in [1.165, 1.54) is 22.7 Å². The summed E-state index contributed by atoms with van der Waals surface area (Å²) in [5, 5.41) is 8.50. The molecule has 1 amide bonds. The lowest BCUT2D eigenvalue weighted by Crippen LogP contribution is -2.36. The molecule has 6 rings (SSSR count). The van der Waals surface area contributed by atoms with Gasteiger partial charge in [-0.05, 0) is 50.3 Å². The monoisotopic (exact) mass is 603 g/mol. The fourth-order valence-corrected chi connectivity index (χ4v) is 6.16. The second-order valence-electron chi connectivity index (χ2n) is 9.77. The van der Waals surface area contributed by atoms with Crippen LogP contribution in [-0.4, -0.2) is 57.2 Å². The maximum atomic E-state index is 12.8. The van der Waals surface area contributed by atoms with Crippen LogP contribution in [-0.2, 0) is 6.61 Å². The molecule has 2 aromatic carbocycles. The predicted octanol–water partition coefficient (Wildman–Crippen LogP) is 6.79. The van der Waals surface area contributed by atoms with Gasteiger partial charge >= 0.3 is 0 Å². The average molecular weight is 604 g/mol. The van der Waals surface area contributed by atoms with E-state index >= 15 is 0 Å². The SMILES string of the molecule is CCN(C(=O)c1ccc(-c2nc(COc3cc(OC)cc4oc(-c5cn6nc(OC)sc6n5)cc34)cs2)cc1)C(C)C. The molecule has 0 atom stereocenters. The summed E-state index contributed by atoms with van der Waals surface area (Å²) < 4.78 is 24.7. The number of rotatable bonds is 10. The number of hydrogen-bond acceptors (Lipinski definition) is 10. The fourth-order valence-electron chi connectivity index (χ4n) is 4.65. The first-order valence-electron chi connectivity index (χ1n) is 13.4. The summed E-state index contributed by atoms with van der Waals surface area (Å²) in [6.45, 7) is 6.97. The summed E-state index contributed by atoms with van der Waals surface area (Å²) in [6.07, 6.45) is 1.80. The Morgan fingerprint density at radius 2 is 1.90 bits per heavy atom. The van der Waals surface area contributed by atoms with Gasteiger partial charge in [-0.1, -0.05) is 12.1 Å². The topological polar surface area (TPSA) is 104 Å². The van der Waals surface area contributed by atoms with Crippen LogP contribution in [0.25, 0.3) is 38.0 Å². The second-order valence-corrected chi connectivity index (χ2v) is 11.5. The van der Waals surface area contributed by atoms with E-state index in [0.717, 1.165) is 21.7 Å². The van der Waals surface area contributed by atoms with Crippen molar-refractivity contribution in [3.8, 4) is 38.7 Å². The predicted molar refractivity (Wildman–Crippen MR) is 163 cm³/mol. The maximum absolute atomic E-state index is 12.8. The van der Waals surface area contributed by atoms with Crippen LogP contribution in [0.4, 0.5) is 0 Å². The van der Waals surface area contributed by atoms with Gasteiger partial charge < -0.3 is 23.5 Å². The zero-order valence-corrected chi connectivity index (χ0v) is 25.4. The van der Waals surface area contributed by atoms with E-state index in [1.807, 2.05) is 73.5 Å². The van der Waals surface area contributed by atoms with Crippen LogP contribution in [0, 0.1) is 0 Å². The molecule has 0 aliphatic heterocycles. The van der Waals surface area contributed by atoms with Gasteiger partial charge in [0.2, 0.25) is 4.96 Å². The summed E-state index contributed by atoms with van der Waals surface area (Å²) in [5.41, 5.74) is 3.68. The summed E-state index contributed by atoms with van der Waals surface area (Å²) in [7, 11) is 3.18. The Hall–Kier alpha value is -4.42. The molecule has 0 saturated carbocycles. The number of aromatic nitrogens is 4. The molecular weight excluding hydrogens is 574 g/mol. The largest absolute Gasteiger partial charge is 0.496 e. The highest BCUT2D eigenvalue weighted by Gasteiger charge is 2.19. The van der Waals surface area contributed by atoms with Gasteiger partial charge in [-0.15, -0.1) is 16.4 Å². The quantitative estimate of drug-likeness (QED) is 0.169. The van der Waals surface area contributed by atoms with Crippen LogP contribution < -0.4 is 14.2 Å². The smallest absolute Gasteiger partial charge is 0.294 e. The number of methoxy groups -OCH3 is 2. The number of imidazole rings is 1. The molecule has 6 aromatic rings. The van der Waals surface area contributed by atoms with Crippen molar-refractivity contribution in [1.82, 2.24) is 24.5 Å². The van der Waals surface area contributed by atoms with Crippen molar-refractivity contribution in [3.05, 3.63) is 65.3 Å². The van der Waals surface area contributed by atoms with Gasteiger partial charge in [0, 0.05) is 41.2 Å². The second kappa shape index (κ2) is 11.5. The number of ether oxygens (including phenoxy) is 3. The highest BCUT2D eigenvalue weighted by Crippen LogP contribution is 2.38. The van der Waals surface area contributed by atoms with Crippen LogP contribution in [0.15, 0.2) is 58.5 Å². The number of thiazole rings is 1. The first-order chi connectivity index (χ1) is 20.4. The molecule has 42 heavy (non-hydrogen) atoms. The van der Waals surface area contributed by atoms with Gasteiger partial charge in [0.1, 0.15) is 34.4 Å². The highest BCUT2D eigenvalue weighted by molar-refractivity contribution is 7.18. The molecular formula is C30H29N5O5S2. The van der Waals surface area contributed by atoms with Crippen molar-refractivity contribution in [2.45, 2.75) is 33.4 Å². The summed E-state index contributed by atoms with van der Waals surface area (Å²) >= 11 is 2.88. The van der Waals surface area contributed by atoms with Crippen LogP contribution in [0.3, 0.4) is 0 Å². The summed E-state index contributed by atoms with van der Waals surface area (Å²) in [5.74, 6) is 1.85. The lowest BCUT2D eigenvalue weighted by atomic mass is 10.1. The van der Waals surface area contributed by atoms with Crippen molar-refractivity contribution >= 4 is 44.5 Å². The molecule has 0 aliphatic rings. The van der Waals surface area contributed by atoms with Crippen molar-refractivity contribution in [2.24, 2.45) is 0 Å². The van der Waals surface area contributed by atoms with Crippen molar-refractivity contribution in [2.75, 3.05) is 20.8 Å². The van der Waals surface area contributed by atoms with E-state index in [2.05, 4.69) is 10.1 Å². The standard InChI is InChI=1S/C30H29N5O5S2/c1-6-34(17(2)3)28(36)19-9-7-18(8-10-19)27-31-20(16-41-27)15-39-24-11-21(37-4)12-25-22(24)13-26(40-25)23-14-35-29(32-23)42-30(33-35)38-5/h7-14,16-17H,6,15H2,1-5H3. The Morgan fingerprint density at radius 3 is 2.60 bits per heavy atom. The van der Waals surface area contributed by atoms with Crippen molar-refractivity contribution in [1.29, 1.82) is 0 Å². The maximum Gasteiger partial charge on any atom is 0.294 e. The van der Waals surface area contributed by atoms with E-state index in [-0.39, 0.29) is 18.6 Å². The minimum Gasteiger partial charge on any atom is -0.496 e. The van der Waals surface area contributed by atoms with Crippen LogP contribution in [0.1, 0.15) is 36.8 Å². The van der Waals surface area contributed by atoms with Crippen LogP contribution in [0.5, 0.6) is 16.7 Å². The molecule has 0 spiro atoms. The molecule has 216 valence electrons. The zero-order chi connectivity index (χ0) is 29.4. The molecule has 0 saturated heterocycles. The lowest BCUT2D eigenvalue weighted by molar-refractivity contribution is 0.0717. The highest BCUT2D eigenvalue weighted by atomic mass is 32.1. The third-order valence-electron chi connectivity index (χ3n) is 6.79. The molecule has 12 heteroatoms. The molecule has 0 fully saturated rings. The minimum atomic E-state index is 0.0314. The van der Waals surface area contributed by atoms with E-state index in [9.17, 15) is 4.79 Å². The van der Waals surface area contributed by atoms with Crippen LogP contribution >= 0.6 is 22.7 Å². The van der Waals surface area contributed by atoms with Crippen molar-refractivity contribution in [3.63, 3.8) is 0 Å². The van der Waals surface area contributed by atoms with E-state index < -0.39 is 0 Å². The molecule has 4 heterocycles. The number of hydrogen-bond donors (Lipinski definition) is 0. The van der Waals surface area contributed by atoms with E-state index in [1.54, 1.807) is 24.9 Å². The average Bonchev–Trinajstić information content (AvgIpc) is 3.78. The molecule has 4 aromatic heterocycles. The first-order valence-corrected chi connectivity index (χ1v) is 15.1. The van der Waals surface area contributed by atoms with Crippen LogP contribution in [0.2, 0.25) is 0 Å². The Bertz CT molecular complexity index is 1840. The molecule has 0 radical (unpaired) electrons. The third kappa shape index (κ3) is 5.30. The van der Waals surface area contributed by atoms with Gasteiger partial charge in [0.15, 0.2) is 5.76 Å². The number of carbonyl (C=O) groups is 1. The fraction of sp³-hybridized carbons (Fsp3) is 0.267. The lowest BCUT2D eigenvalue weighted by Gasteiger charge is -2.25. The Kier molecular flexibility index (Phi) is 7.56. The molecule has 0 N–H and O–H groups in total. The number of amides is 1. The van der Waals surface area contributed by atoms with Gasteiger partial charge in [-0.3, -0.25) is 4.79 Å².